The highest BCUT2D eigenvalue weighted by Gasteiger charge is 2.19. The van der Waals surface area contributed by atoms with Crippen molar-refractivity contribution in [3.8, 4) is 22.8 Å². The van der Waals surface area contributed by atoms with E-state index in [0.29, 0.717) is 30.2 Å². The minimum absolute atomic E-state index is 0.292. The van der Waals surface area contributed by atoms with Gasteiger partial charge >= 0.3 is 5.97 Å². The number of hydrogen-bond acceptors (Lipinski definition) is 4. The zero-order chi connectivity index (χ0) is 19.9. The van der Waals surface area contributed by atoms with Gasteiger partial charge in [0.25, 0.3) is 0 Å². The molecule has 1 aliphatic carbocycles. The van der Waals surface area contributed by atoms with E-state index in [9.17, 15) is 9.90 Å². The third kappa shape index (κ3) is 4.83. The van der Waals surface area contributed by atoms with Crippen molar-refractivity contribution in [3.05, 3.63) is 41.6 Å². The van der Waals surface area contributed by atoms with Gasteiger partial charge in [0.2, 0.25) is 0 Å². The summed E-state index contributed by atoms with van der Waals surface area (Å²) in [6.45, 7) is 2.67. The van der Waals surface area contributed by atoms with E-state index < -0.39 is 5.97 Å². The second kappa shape index (κ2) is 9.58. The van der Waals surface area contributed by atoms with Gasteiger partial charge in [0, 0.05) is 5.56 Å². The first-order valence-corrected chi connectivity index (χ1v) is 10.2. The number of aromatic nitrogens is 1. The lowest BCUT2D eigenvalue weighted by atomic mass is 9.98. The molecular formula is C23H29NO4. The summed E-state index contributed by atoms with van der Waals surface area (Å²) in [4.78, 5) is 16.4. The number of aryl methyl sites for hydroxylation is 1. The van der Waals surface area contributed by atoms with Crippen molar-refractivity contribution in [1.82, 2.24) is 4.98 Å². The molecule has 1 aliphatic rings. The standard InChI is InChI=1S/C23H29NO4/c1-3-14-28-22-13-9-17(27-2)15-19(22)21-12-10-18(23(25)26)20(24-21)11-8-16-6-4-5-7-16/h9-10,12-13,15-16H,3-8,11,14H2,1-2H3,(H,25,26). The normalized spacial score (nSPS) is 14.2. The van der Waals surface area contributed by atoms with Crippen LogP contribution in [0.25, 0.3) is 11.3 Å². The number of methoxy groups -OCH3 is 1. The Morgan fingerprint density at radius 2 is 2.00 bits per heavy atom. The van der Waals surface area contributed by atoms with Gasteiger partial charge in [-0.1, -0.05) is 32.6 Å². The van der Waals surface area contributed by atoms with Crippen LogP contribution >= 0.6 is 0 Å². The van der Waals surface area contributed by atoms with Gasteiger partial charge in [-0.15, -0.1) is 0 Å². The molecular weight excluding hydrogens is 354 g/mol. The van der Waals surface area contributed by atoms with Crippen molar-refractivity contribution in [2.24, 2.45) is 5.92 Å². The number of pyridine rings is 1. The molecule has 1 heterocycles. The molecule has 1 saturated carbocycles. The number of rotatable bonds is 9. The zero-order valence-electron chi connectivity index (χ0n) is 16.7. The van der Waals surface area contributed by atoms with Crippen molar-refractivity contribution < 1.29 is 19.4 Å². The zero-order valence-corrected chi connectivity index (χ0v) is 16.7. The second-order valence-corrected chi connectivity index (χ2v) is 7.40. The van der Waals surface area contributed by atoms with E-state index >= 15 is 0 Å². The number of benzene rings is 1. The maximum Gasteiger partial charge on any atom is 0.337 e. The van der Waals surface area contributed by atoms with E-state index in [-0.39, 0.29) is 0 Å². The van der Waals surface area contributed by atoms with Crippen LogP contribution < -0.4 is 9.47 Å². The third-order valence-electron chi connectivity index (χ3n) is 5.39. The molecule has 3 rings (SSSR count). The van der Waals surface area contributed by atoms with Gasteiger partial charge < -0.3 is 14.6 Å². The topological polar surface area (TPSA) is 68.7 Å². The van der Waals surface area contributed by atoms with E-state index in [1.807, 2.05) is 18.2 Å². The molecule has 5 nitrogen and oxygen atoms in total. The summed E-state index contributed by atoms with van der Waals surface area (Å²) < 4.78 is 11.3. The van der Waals surface area contributed by atoms with Crippen LogP contribution in [0.15, 0.2) is 30.3 Å². The molecule has 2 aromatic rings. The largest absolute Gasteiger partial charge is 0.497 e. The molecule has 0 atom stereocenters. The van der Waals surface area contributed by atoms with Crippen LogP contribution in [0.4, 0.5) is 0 Å². The number of carboxylic acids is 1. The Kier molecular flexibility index (Phi) is 6.90. The minimum atomic E-state index is -0.923. The van der Waals surface area contributed by atoms with Gasteiger partial charge in [-0.3, -0.25) is 4.98 Å². The number of aromatic carboxylic acids is 1. The van der Waals surface area contributed by atoms with Gasteiger partial charge in [0.05, 0.1) is 30.7 Å². The highest BCUT2D eigenvalue weighted by atomic mass is 16.5. The molecule has 0 saturated heterocycles. The minimum Gasteiger partial charge on any atom is -0.497 e. The van der Waals surface area contributed by atoms with Crippen molar-refractivity contribution in [1.29, 1.82) is 0 Å². The first kappa shape index (κ1) is 20.2. The summed E-state index contributed by atoms with van der Waals surface area (Å²) in [5.41, 5.74) is 2.49. The highest BCUT2D eigenvalue weighted by Crippen LogP contribution is 2.34. The van der Waals surface area contributed by atoms with Gasteiger partial charge in [0.15, 0.2) is 0 Å². The maximum absolute atomic E-state index is 11.7. The Labute approximate surface area is 166 Å². The van der Waals surface area contributed by atoms with Crippen LogP contribution in [-0.4, -0.2) is 29.8 Å². The molecule has 28 heavy (non-hydrogen) atoms. The lowest BCUT2D eigenvalue weighted by Crippen LogP contribution is -2.08. The molecule has 1 fully saturated rings. The third-order valence-corrected chi connectivity index (χ3v) is 5.39. The summed E-state index contributed by atoms with van der Waals surface area (Å²) in [6, 6.07) is 9.07. The molecule has 5 heteroatoms. The second-order valence-electron chi connectivity index (χ2n) is 7.40. The lowest BCUT2D eigenvalue weighted by Gasteiger charge is -2.15. The molecule has 150 valence electrons. The van der Waals surface area contributed by atoms with Crippen molar-refractivity contribution in [2.75, 3.05) is 13.7 Å². The Balaban J connectivity index is 1.94. The quantitative estimate of drug-likeness (QED) is 0.631. The average molecular weight is 383 g/mol. The van der Waals surface area contributed by atoms with Gasteiger partial charge in [-0.05, 0) is 55.5 Å². The van der Waals surface area contributed by atoms with E-state index in [1.165, 1.54) is 25.7 Å². The summed E-state index contributed by atoms with van der Waals surface area (Å²) in [6.07, 6.45) is 7.64. The van der Waals surface area contributed by atoms with Crippen molar-refractivity contribution in [3.63, 3.8) is 0 Å². The Hall–Kier alpha value is -2.56. The molecule has 0 spiro atoms. The monoisotopic (exact) mass is 383 g/mol. The SMILES string of the molecule is CCCOc1ccc(OC)cc1-c1ccc(C(=O)O)c(CCC2CCCC2)n1. The van der Waals surface area contributed by atoms with Crippen LogP contribution in [0.3, 0.4) is 0 Å². The van der Waals surface area contributed by atoms with Crippen molar-refractivity contribution >= 4 is 5.97 Å². The Bertz CT molecular complexity index is 812. The van der Waals surface area contributed by atoms with E-state index in [1.54, 1.807) is 19.2 Å². The van der Waals surface area contributed by atoms with Gasteiger partial charge in [-0.25, -0.2) is 4.79 Å². The van der Waals surface area contributed by atoms with E-state index in [2.05, 4.69) is 6.92 Å². The molecule has 0 unspecified atom stereocenters. The van der Waals surface area contributed by atoms with E-state index in [4.69, 9.17) is 14.5 Å². The molecule has 1 aromatic heterocycles. The first-order valence-electron chi connectivity index (χ1n) is 10.2. The number of hydrogen-bond donors (Lipinski definition) is 1. The fraction of sp³-hybridized carbons (Fsp3) is 0.478. The number of carboxylic acid groups (broad SMARTS) is 1. The molecule has 0 aliphatic heterocycles. The van der Waals surface area contributed by atoms with E-state index in [0.717, 1.165) is 35.6 Å². The fourth-order valence-electron chi connectivity index (χ4n) is 3.85. The summed E-state index contributed by atoms with van der Waals surface area (Å²) in [7, 11) is 1.62. The average Bonchev–Trinajstić information content (AvgIpc) is 3.24. The lowest BCUT2D eigenvalue weighted by molar-refractivity contribution is 0.0695. The molecule has 0 radical (unpaired) electrons. The highest BCUT2D eigenvalue weighted by molar-refractivity contribution is 5.89. The number of nitrogens with zero attached hydrogens (tertiary/aromatic N) is 1. The van der Waals surface area contributed by atoms with Crippen LogP contribution in [0.5, 0.6) is 11.5 Å². The fourth-order valence-corrected chi connectivity index (χ4v) is 3.85. The molecule has 1 aromatic carbocycles. The van der Waals surface area contributed by atoms with Crippen LogP contribution in [0.2, 0.25) is 0 Å². The van der Waals surface area contributed by atoms with Crippen LogP contribution in [0, 0.1) is 5.92 Å². The summed E-state index contributed by atoms with van der Waals surface area (Å²) in [5, 5.41) is 9.59. The Morgan fingerprint density at radius 1 is 1.21 bits per heavy atom. The predicted octanol–water partition coefficient (Wildman–Crippen LogP) is 5.37. The smallest absolute Gasteiger partial charge is 0.337 e. The molecule has 0 amide bonds. The van der Waals surface area contributed by atoms with Crippen molar-refractivity contribution in [2.45, 2.75) is 51.9 Å². The maximum atomic E-state index is 11.7. The van der Waals surface area contributed by atoms with Gasteiger partial charge in [-0.2, -0.15) is 0 Å². The molecule has 0 bridgehead atoms. The van der Waals surface area contributed by atoms with Gasteiger partial charge in [0.1, 0.15) is 11.5 Å². The molecule has 1 N–H and O–H groups in total. The van der Waals surface area contributed by atoms with Crippen LogP contribution in [0.1, 0.15) is 61.5 Å². The van der Waals surface area contributed by atoms with Crippen LogP contribution in [-0.2, 0) is 6.42 Å². The first-order chi connectivity index (χ1) is 13.6. The predicted molar refractivity (Wildman–Crippen MR) is 109 cm³/mol. The number of ether oxygens (including phenoxy) is 2. The Morgan fingerprint density at radius 3 is 2.68 bits per heavy atom. The summed E-state index contributed by atoms with van der Waals surface area (Å²) in [5.74, 6) is 1.22. The summed E-state index contributed by atoms with van der Waals surface area (Å²) >= 11 is 0. The number of carbonyl (C=O) groups is 1.